The number of pyridine rings is 2. The third kappa shape index (κ3) is 4.59. The van der Waals surface area contributed by atoms with E-state index in [9.17, 15) is 14.7 Å². The lowest BCUT2D eigenvalue weighted by Gasteiger charge is -2.11. The number of hydrogen-bond acceptors (Lipinski definition) is 6. The highest BCUT2D eigenvalue weighted by Gasteiger charge is 2.18. The minimum Gasteiger partial charge on any atom is -0.507 e. The normalized spacial score (nSPS) is 10.4. The first-order chi connectivity index (χ1) is 13.5. The van der Waals surface area contributed by atoms with E-state index < -0.39 is 11.8 Å². The summed E-state index contributed by atoms with van der Waals surface area (Å²) in [6.07, 6.45) is 4.70. The maximum absolute atomic E-state index is 12.5. The van der Waals surface area contributed by atoms with E-state index in [0.717, 1.165) is 4.90 Å². The van der Waals surface area contributed by atoms with Crippen LogP contribution in [0, 0.1) is 0 Å². The first-order valence-corrected chi connectivity index (χ1v) is 9.64. The number of aromatic nitrogens is 2. The van der Waals surface area contributed by atoms with Crippen molar-refractivity contribution in [1.29, 1.82) is 0 Å². The molecule has 0 bridgehead atoms. The highest BCUT2D eigenvalue weighted by Crippen LogP contribution is 2.25. The number of nitrogens with one attached hydrogen (secondary N) is 2. The van der Waals surface area contributed by atoms with Crippen molar-refractivity contribution in [2.75, 3.05) is 16.9 Å². The smallest absolute Gasteiger partial charge is 0.277 e. The first-order valence-electron chi connectivity index (χ1n) is 8.04. The number of anilines is 2. The molecule has 0 atom stereocenters. The van der Waals surface area contributed by atoms with Gasteiger partial charge in [-0.2, -0.15) is 0 Å². The summed E-state index contributed by atoms with van der Waals surface area (Å²) in [4.78, 5) is 33.9. The lowest BCUT2D eigenvalue weighted by molar-refractivity contribution is 0.102. The van der Waals surface area contributed by atoms with Gasteiger partial charge in [-0.25, -0.2) is 9.97 Å². The molecule has 28 heavy (non-hydrogen) atoms. The zero-order valence-electron chi connectivity index (χ0n) is 14.6. The van der Waals surface area contributed by atoms with E-state index >= 15 is 0 Å². The number of carbonyl (C=O) groups is 2. The molecule has 142 valence electrons. The van der Waals surface area contributed by atoms with E-state index in [4.69, 9.17) is 11.6 Å². The minimum atomic E-state index is -0.558. The van der Waals surface area contributed by atoms with Crippen molar-refractivity contribution >= 4 is 46.7 Å². The Morgan fingerprint density at radius 3 is 2.57 bits per heavy atom. The Labute approximate surface area is 170 Å². The van der Waals surface area contributed by atoms with E-state index in [1.54, 1.807) is 30.3 Å². The van der Waals surface area contributed by atoms with Crippen molar-refractivity contribution in [3.63, 3.8) is 0 Å². The van der Waals surface area contributed by atoms with Crippen LogP contribution in [0.2, 0.25) is 5.02 Å². The van der Waals surface area contributed by atoms with Crippen molar-refractivity contribution < 1.29 is 14.7 Å². The van der Waals surface area contributed by atoms with Crippen molar-refractivity contribution in [1.82, 2.24) is 9.97 Å². The van der Waals surface area contributed by atoms with Gasteiger partial charge in [-0.05, 0) is 48.7 Å². The number of benzene rings is 1. The van der Waals surface area contributed by atoms with Crippen LogP contribution in [-0.2, 0) is 0 Å². The molecule has 0 aliphatic heterocycles. The number of rotatable bonds is 5. The highest BCUT2D eigenvalue weighted by molar-refractivity contribution is 7.98. The second-order valence-electron chi connectivity index (χ2n) is 5.55. The summed E-state index contributed by atoms with van der Waals surface area (Å²) in [5.41, 5.74) is 0.299. The zero-order chi connectivity index (χ0) is 20.1. The van der Waals surface area contributed by atoms with Crippen molar-refractivity contribution in [3.8, 4) is 5.75 Å². The predicted molar refractivity (Wildman–Crippen MR) is 109 cm³/mol. The number of halogens is 1. The molecule has 9 heteroatoms. The van der Waals surface area contributed by atoms with Gasteiger partial charge in [-0.1, -0.05) is 11.6 Å². The largest absolute Gasteiger partial charge is 0.507 e. The zero-order valence-corrected chi connectivity index (χ0v) is 16.2. The average molecular weight is 415 g/mol. The van der Waals surface area contributed by atoms with Crippen LogP contribution in [0.25, 0.3) is 0 Å². The molecular formula is C19H15ClN4O3S. The van der Waals surface area contributed by atoms with E-state index in [0.29, 0.717) is 10.8 Å². The Morgan fingerprint density at radius 1 is 1.07 bits per heavy atom. The number of hydrogen-bond donors (Lipinski definition) is 3. The molecule has 3 aromatic rings. The molecule has 0 spiro atoms. The van der Waals surface area contributed by atoms with Crippen LogP contribution >= 0.6 is 23.4 Å². The van der Waals surface area contributed by atoms with Gasteiger partial charge >= 0.3 is 0 Å². The van der Waals surface area contributed by atoms with Crippen molar-refractivity contribution in [2.24, 2.45) is 0 Å². The Bertz CT molecular complexity index is 1030. The van der Waals surface area contributed by atoms with Crippen molar-refractivity contribution in [2.45, 2.75) is 4.90 Å². The van der Waals surface area contributed by atoms with Crippen LogP contribution < -0.4 is 10.6 Å². The molecule has 0 saturated carbocycles. The Balaban J connectivity index is 1.81. The summed E-state index contributed by atoms with van der Waals surface area (Å²) >= 11 is 7.23. The molecule has 3 N–H and O–H groups in total. The maximum atomic E-state index is 12.5. The minimum absolute atomic E-state index is 0.00724. The Kier molecular flexibility index (Phi) is 6.13. The van der Waals surface area contributed by atoms with Crippen LogP contribution in [-0.4, -0.2) is 33.1 Å². The molecule has 2 aromatic heterocycles. The fourth-order valence-corrected chi connectivity index (χ4v) is 2.88. The molecule has 0 unspecified atom stereocenters. The summed E-state index contributed by atoms with van der Waals surface area (Å²) in [5.74, 6) is -0.961. The standard InChI is InChI=1S/C19H15ClN4O3S/c1-28-12-5-6-13(15(25)9-12)18(26)23-14-3-2-8-21-17(14)19(27)24-16-7-4-11(20)10-22-16/h2-10,25H,1H3,(H,23,26)(H,22,24,27). The summed E-state index contributed by atoms with van der Waals surface area (Å²) in [7, 11) is 0. The second-order valence-corrected chi connectivity index (χ2v) is 6.87. The van der Waals surface area contributed by atoms with Gasteiger partial charge in [0, 0.05) is 17.3 Å². The topological polar surface area (TPSA) is 104 Å². The number of nitrogens with zero attached hydrogens (tertiary/aromatic N) is 2. The van der Waals surface area contributed by atoms with Gasteiger partial charge in [0.1, 0.15) is 11.6 Å². The van der Waals surface area contributed by atoms with Crippen LogP contribution in [0.4, 0.5) is 11.5 Å². The Hall–Kier alpha value is -3.10. The average Bonchev–Trinajstić information content (AvgIpc) is 2.69. The fraction of sp³-hybridized carbons (Fsp3) is 0.0526. The van der Waals surface area contributed by atoms with Crippen LogP contribution in [0.1, 0.15) is 20.8 Å². The number of phenolic OH excluding ortho intramolecular Hbond substituents is 1. The van der Waals surface area contributed by atoms with E-state index in [-0.39, 0.29) is 22.7 Å². The van der Waals surface area contributed by atoms with E-state index in [1.807, 2.05) is 6.26 Å². The lowest BCUT2D eigenvalue weighted by atomic mass is 10.1. The summed E-state index contributed by atoms with van der Waals surface area (Å²) < 4.78 is 0. The molecule has 2 amide bonds. The molecule has 1 aromatic carbocycles. The van der Waals surface area contributed by atoms with Gasteiger partial charge in [0.05, 0.1) is 16.3 Å². The van der Waals surface area contributed by atoms with Gasteiger partial charge in [0.15, 0.2) is 5.69 Å². The molecule has 2 heterocycles. The monoisotopic (exact) mass is 414 g/mol. The number of amides is 2. The van der Waals surface area contributed by atoms with Gasteiger partial charge in [-0.15, -0.1) is 11.8 Å². The fourth-order valence-electron chi connectivity index (χ4n) is 2.33. The highest BCUT2D eigenvalue weighted by atomic mass is 35.5. The molecule has 0 aliphatic carbocycles. The van der Waals surface area contributed by atoms with E-state index in [2.05, 4.69) is 20.6 Å². The van der Waals surface area contributed by atoms with E-state index in [1.165, 1.54) is 36.3 Å². The number of carbonyl (C=O) groups excluding carboxylic acids is 2. The number of thioether (sulfide) groups is 1. The van der Waals surface area contributed by atoms with Gasteiger partial charge in [0.2, 0.25) is 0 Å². The molecule has 3 rings (SSSR count). The van der Waals surface area contributed by atoms with Gasteiger partial charge in [-0.3, -0.25) is 9.59 Å². The van der Waals surface area contributed by atoms with Crippen LogP contribution in [0.5, 0.6) is 5.75 Å². The quantitative estimate of drug-likeness (QED) is 0.544. The third-order valence-electron chi connectivity index (χ3n) is 3.69. The molecule has 0 fully saturated rings. The van der Waals surface area contributed by atoms with Crippen molar-refractivity contribution in [3.05, 3.63) is 71.1 Å². The summed E-state index contributed by atoms with van der Waals surface area (Å²) in [6.45, 7) is 0. The Morgan fingerprint density at radius 2 is 1.89 bits per heavy atom. The molecular weight excluding hydrogens is 400 g/mol. The molecule has 7 nitrogen and oxygen atoms in total. The van der Waals surface area contributed by atoms with Gasteiger partial charge < -0.3 is 15.7 Å². The predicted octanol–water partition coefficient (Wildman–Crippen LogP) is 4.06. The van der Waals surface area contributed by atoms with Gasteiger partial charge in [0.25, 0.3) is 11.8 Å². The number of aromatic hydroxyl groups is 1. The summed E-state index contributed by atoms with van der Waals surface area (Å²) in [6, 6.07) is 11.0. The molecule has 0 saturated heterocycles. The number of phenols is 1. The molecule has 0 radical (unpaired) electrons. The molecule has 0 aliphatic rings. The second kappa shape index (κ2) is 8.73. The SMILES string of the molecule is CSc1ccc(C(=O)Nc2cccnc2C(=O)Nc2ccc(Cl)cn2)c(O)c1. The van der Waals surface area contributed by atoms with Crippen LogP contribution in [0.3, 0.4) is 0 Å². The third-order valence-corrected chi connectivity index (χ3v) is 4.64. The maximum Gasteiger partial charge on any atom is 0.277 e. The lowest BCUT2D eigenvalue weighted by Crippen LogP contribution is -2.20. The summed E-state index contributed by atoms with van der Waals surface area (Å²) in [5, 5.41) is 15.7. The van der Waals surface area contributed by atoms with Crippen LogP contribution in [0.15, 0.2) is 59.8 Å². The first kappa shape index (κ1) is 19.7.